The standard InChI is InChI=1S/C16H15N3O2/c1-2-21-16(20)11-7-8-15(13(18)9-11)19-14-6-4-3-5-12(14)10-17/h3-9,19H,2,18H2,1H3. The van der Waals surface area contributed by atoms with Crippen LogP contribution in [0.1, 0.15) is 22.8 Å². The van der Waals surface area contributed by atoms with Gasteiger partial charge in [-0.15, -0.1) is 0 Å². The molecule has 0 aromatic heterocycles. The lowest BCUT2D eigenvalue weighted by Gasteiger charge is -2.11. The van der Waals surface area contributed by atoms with Gasteiger partial charge in [0.2, 0.25) is 0 Å². The Labute approximate surface area is 123 Å². The van der Waals surface area contributed by atoms with Gasteiger partial charge in [-0.25, -0.2) is 4.79 Å². The van der Waals surface area contributed by atoms with Crippen LogP contribution in [0.25, 0.3) is 0 Å². The van der Waals surface area contributed by atoms with Crippen molar-refractivity contribution >= 4 is 23.0 Å². The molecule has 0 aliphatic heterocycles. The summed E-state index contributed by atoms with van der Waals surface area (Å²) < 4.78 is 4.92. The van der Waals surface area contributed by atoms with Crippen LogP contribution in [0.4, 0.5) is 17.1 Å². The minimum Gasteiger partial charge on any atom is -0.462 e. The van der Waals surface area contributed by atoms with E-state index in [0.717, 1.165) is 0 Å². The van der Waals surface area contributed by atoms with Gasteiger partial charge in [-0.2, -0.15) is 5.26 Å². The Morgan fingerprint density at radius 3 is 2.71 bits per heavy atom. The molecular formula is C16H15N3O2. The molecule has 0 heterocycles. The first-order chi connectivity index (χ1) is 10.2. The smallest absolute Gasteiger partial charge is 0.338 e. The molecule has 0 amide bonds. The summed E-state index contributed by atoms with van der Waals surface area (Å²) in [7, 11) is 0. The van der Waals surface area contributed by atoms with Crippen LogP contribution in [0.2, 0.25) is 0 Å². The Morgan fingerprint density at radius 1 is 1.29 bits per heavy atom. The number of carbonyl (C=O) groups excluding carboxylic acids is 1. The first-order valence-corrected chi connectivity index (χ1v) is 6.48. The van der Waals surface area contributed by atoms with Gasteiger partial charge in [-0.1, -0.05) is 12.1 Å². The Hall–Kier alpha value is -3.00. The monoisotopic (exact) mass is 281 g/mol. The highest BCUT2D eigenvalue weighted by Crippen LogP contribution is 2.26. The van der Waals surface area contributed by atoms with Gasteiger partial charge in [-0.05, 0) is 37.3 Å². The Kier molecular flexibility index (Phi) is 4.42. The van der Waals surface area contributed by atoms with E-state index < -0.39 is 5.97 Å². The van der Waals surface area contributed by atoms with Crippen LogP contribution in [0.3, 0.4) is 0 Å². The molecule has 0 aliphatic rings. The SMILES string of the molecule is CCOC(=O)c1ccc(Nc2ccccc2C#N)c(N)c1. The highest BCUT2D eigenvalue weighted by atomic mass is 16.5. The lowest BCUT2D eigenvalue weighted by molar-refractivity contribution is 0.0526. The number of ether oxygens (including phenoxy) is 1. The molecule has 0 saturated heterocycles. The molecule has 0 fully saturated rings. The summed E-state index contributed by atoms with van der Waals surface area (Å²) in [4.78, 5) is 11.6. The van der Waals surface area contributed by atoms with Crippen molar-refractivity contribution in [3.63, 3.8) is 0 Å². The van der Waals surface area contributed by atoms with Gasteiger partial charge in [0.15, 0.2) is 0 Å². The third kappa shape index (κ3) is 3.31. The minimum atomic E-state index is -0.409. The van der Waals surface area contributed by atoms with E-state index >= 15 is 0 Å². The first-order valence-electron chi connectivity index (χ1n) is 6.48. The normalized spacial score (nSPS) is 9.71. The summed E-state index contributed by atoms with van der Waals surface area (Å²) in [5, 5.41) is 12.1. The number of para-hydroxylation sites is 1. The number of hydrogen-bond acceptors (Lipinski definition) is 5. The zero-order valence-electron chi connectivity index (χ0n) is 11.6. The van der Waals surface area contributed by atoms with Gasteiger partial charge < -0.3 is 15.8 Å². The lowest BCUT2D eigenvalue weighted by Crippen LogP contribution is -2.06. The quantitative estimate of drug-likeness (QED) is 0.664. The number of esters is 1. The van der Waals surface area contributed by atoms with Crippen LogP contribution in [-0.2, 0) is 4.74 Å². The number of nitrogens with zero attached hydrogens (tertiary/aromatic N) is 1. The maximum atomic E-state index is 11.6. The van der Waals surface area contributed by atoms with E-state index in [1.807, 2.05) is 6.07 Å². The van der Waals surface area contributed by atoms with Crippen molar-refractivity contribution in [1.29, 1.82) is 5.26 Å². The maximum Gasteiger partial charge on any atom is 0.338 e. The summed E-state index contributed by atoms with van der Waals surface area (Å²) >= 11 is 0. The predicted octanol–water partition coefficient (Wildman–Crippen LogP) is 3.06. The second-order valence-electron chi connectivity index (χ2n) is 4.30. The fourth-order valence-corrected chi connectivity index (χ4v) is 1.85. The maximum absolute atomic E-state index is 11.6. The molecule has 0 unspecified atom stereocenters. The molecule has 0 atom stereocenters. The number of nitriles is 1. The molecule has 0 spiro atoms. The molecule has 2 aromatic rings. The average Bonchev–Trinajstić information content (AvgIpc) is 2.50. The van der Waals surface area contributed by atoms with Gasteiger partial charge in [-0.3, -0.25) is 0 Å². The largest absolute Gasteiger partial charge is 0.462 e. The molecule has 3 N–H and O–H groups in total. The number of carbonyl (C=O) groups is 1. The Bertz CT molecular complexity index is 705. The summed E-state index contributed by atoms with van der Waals surface area (Å²) in [5.41, 5.74) is 8.56. The van der Waals surface area contributed by atoms with E-state index in [1.54, 1.807) is 43.3 Å². The highest BCUT2D eigenvalue weighted by Gasteiger charge is 2.10. The van der Waals surface area contributed by atoms with E-state index in [-0.39, 0.29) is 0 Å². The van der Waals surface area contributed by atoms with Gasteiger partial charge in [0, 0.05) is 0 Å². The van der Waals surface area contributed by atoms with Crippen LogP contribution >= 0.6 is 0 Å². The van der Waals surface area contributed by atoms with Gasteiger partial charge in [0.05, 0.1) is 34.8 Å². The zero-order valence-corrected chi connectivity index (χ0v) is 11.6. The summed E-state index contributed by atoms with van der Waals surface area (Å²) in [6.45, 7) is 2.06. The predicted molar refractivity (Wildman–Crippen MR) is 81.3 cm³/mol. The topological polar surface area (TPSA) is 88.1 Å². The summed E-state index contributed by atoms with van der Waals surface area (Å²) in [5.74, 6) is -0.409. The Morgan fingerprint density at radius 2 is 2.05 bits per heavy atom. The second-order valence-corrected chi connectivity index (χ2v) is 4.30. The average molecular weight is 281 g/mol. The van der Waals surface area contributed by atoms with Crippen molar-refractivity contribution in [2.75, 3.05) is 17.7 Å². The van der Waals surface area contributed by atoms with E-state index in [9.17, 15) is 4.79 Å². The number of nitrogens with one attached hydrogen (secondary N) is 1. The molecular weight excluding hydrogens is 266 g/mol. The van der Waals surface area contributed by atoms with Gasteiger partial charge >= 0.3 is 5.97 Å². The van der Waals surface area contributed by atoms with E-state index in [2.05, 4.69) is 11.4 Å². The third-order valence-corrected chi connectivity index (χ3v) is 2.88. The minimum absolute atomic E-state index is 0.314. The second kappa shape index (κ2) is 6.44. The molecule has 2 rings (SSSR count). The molecule has 2 aromatic carbocycles. The number of nitrogens with two attached hydrogens (primary N) is 1. The first kappa shape index (κ1) is 14.4. The fraction of sp³-hybridized carbons (Fsp3) is 0.125. The molecule has 0 saturated carbocycles. The van der Waals surface area contributed by atoms with Gasteiger partial charge in [0.25, 0.3) is 0 Å². The van der Waals surface area contributed by atoms with Crippen molar-refractivity contribution in [3.05, 3.63) is 53.6 Å². The van der Waals surface area contributed by atoms with Crippen LogP contribution in [0.5, 0.6) is 0 Å². The Balaban J connectivity index is 2.26. The number of rotatable bonds is 4. The van der Waals surface area contributed by atoms with E-state index in [1.165, 1.54) is 0 Å². The van der Waals surface area contributed by atoms with Crippen molar-refractivity contribution < 1.29 is 9.53 Å². The third-order valence-electron chi connectivity index (χ3n) is 2.88. The van der Waals surface area contributed by atoms with Crippen LogP contribution in [0, 0.1) is 11.3 Å². The van der Waals surface area contributed by atoms with Crippen LogP contribution in [-0.4, -0.2) is 12.6 Å². The van der Waals surface area contributed by atoms with Crippen LogP contribution in [0.15, 0.2) is 42.5 Å². The fourth-order valence-electron chi connectivity index (χ4n) is 1.85. The molecule has 0 bridgehead atoms. The zero-order chi connectivity index (χ0) is 15.2. The highest BCUT2D eigenvalue weighted by molar-refractivity contribution is 5.92. The molecule has 106 valence electrons. The van der Waals surface area contributed by atoms with Gasteiger partial charge in [0.1, 0.15) is 6.07 Å². The lowest BCUT2D eigenvalue weighted by atomic mass is 10.1. The molecule has 5 heteroatoms. The summed E-state index contributed by atoms with van der Waals surface area (Å²) in [6, 6.07) is 14.1. The summed E-state index contributed by atoms with van der Waals surface area (Å²) in [6.07, 6.45) is 0. The van der Waals surface area contributed by atoms with Crippen molar-refractivity contribution in [1.82, 2.24) is 0 Å². The van der Waals surface area contributed by atoms with Crippen molar-refractivity contribution in [3.8, 4) is 6.07 Å². The number of hydrogen-bond donors (Lipinski definition) is 2. The molecule has 0 radical (unpaired) electrons. The molecule has 0 aliphatic carbocycles. The van der Waals surface area contributed by atoms with E-state index in [4.69, 9.17) is 15.7 Å². The number of anilines is 3. The van der Waals surface area contributed by atoms with E-state index in [0.29, 0.717) is 34.8 Å². The number of benzene rings is 2. The van der Waals surface area contributed by atoms with Crippen LogP contribution < -0.4 is 11.1 Å². The van der Waals surface area contributed by atoms with Crippen molar-refractivity contribution in [2.24, 2.45) is 0 Å². The van der Waals surface area contributed by atoms with Crippen molar-refractivity contribution in [2.45, 2.75) is 6.92 Å². The molecule has 21 heavy (non-hydrogen) atoms. The molecule has 5 nitrogen and oxygen atoms in total. The number of nitrogen functional groups attached to an aromatic ring is 1.